The molecule has 1 aliphatic rings. The number of anilines is 1. The molecule has 10 heteroatoms. The Hall–Kier alpha value is -4.18. The highest BCUT2D eigenvalue weighted by Crippen LogP contribution is 2.42. The van der Waals surface area contributed by atoms with Crippen LogP contribution in [0, 0.1) is 12.8 Å². The summed E-state index contributed by atoms with van der Waals surface area (Å²) in [5.74, 6) is 2.38. The Morgan fingerprint density at radius 1 is 1.06 bits per heavy atom. The Kier molecular flexibility index (Phi) is 10.4. The molecular weight excluding hydrogens is 612 g/mol. The molecule has 1 atom stereocenters. The lowest BCUT2D eigenvalue weighted by atomic mass is 9.78. The number of thiophene rings is 1. The van der Waals surface area contributed by atoms with Crippen molar-refractivity contribution in [3.63, 3.8) is 0 Å². The van der Waals surface area contributed by atoms with E-state index < -0.39 is 5.60 Å². The molecule has 1 N–H and O–H groups in total. The van der Waals surface area contributed by atoms with Crippen LogP contribution in [0.4, 0.5) is 10.6 Å². The highest BCUT2D eigenvalue weighted by atomic mass is 32.1. The number of amides is 1. The average Bonchev–Trinajstić information content (AvgIpc) is 3.54. The summed E-state index contributed by atoms with van der Waals surface area (Å²) in [7, 11) is 4.92. The van der Waals surface area contributed by atoms with Crippen molar-refractivity contribution >= 4 is 40.1 Å². The Labute approximate surface area is 281 Å². The number of ether oxygens (including phenoxy) is 3. The number of benzene rings is 2. The molecule has 1 amide bonds. The second kappa shape index (κ2) is 14.3. The third kappa shape index (κ3) is 8.04. The number of rotatable bonds is 9. The molecule has 2 aromatic heterocycles. The first-order valence-corrected chi connectivity index (χ1v) is 17.1. The van der Waals surface area contributed by atoms with Gasteiger partial charge in [-0.2, -0.15) is 0 Å². The SMILES string of the molecule is COC(=O)C1CCC(c2cc3c(N[C@H](C)c4cc(-c5ccccc5CN(C)C(=O)OC(C)(C)C)cs4)nc(C)nc3cc2OC)CC1. The number of fused-ring (bicyclic) bond motifs is 1. The normalized spacial score (nSPS) is 17.2. The van der Waals surface area contributed by atoms with Gasteiger partial charge in [-0.25, -0.2) is 14.8 Å². The van der Waals surface area contributed by atoms with E-state index >= 15 is 0 Å². The predicted molar refractivity (Wildman–Crippen MR) is 187 cm³/mol. The summed E-state index contributed by atoms with van der Waals surface area (Å²) in [5.41, 5.74) is 4.63. The van der Waals surface area contributed by atoms with E-state index in [1.54, 1.807) is 30.4 Å². The van der Waals surface area contributed by atoms with E-state index in [1.807, 2.05) is 45.9 Å². The fourth-order valence-electron chi connectivity index (χ4n) is 6.30. The molecule has 0 spiro atoms. The van der Waals surface area contributed by atoms with E-state index in [9.17, 15) is 9.59 Å². The zero-order valence-corrected chi connectivity index (χ0v) is 29.5. The number of carbonyl (C=O) groups excluding carboxylic acids is 2. The van der Waals surface area contributed by atoms with Gasteiger partial charge in [-0.15, -0.1) is 11.3 Å². The zero-order valence-electron chi connectivity index (χ0n) is 28.7. The summed E-state index contributed by atoms with van der Waals surface area (Å²) in [6.45, 7) is 10.1. The number of nitrogens with zero attached hydrogens (tertiary/aromatic N) is 3. The molecule has 2 heterocycles. The van der Waals surface area contributed by atoms with Crippen molar-refractivity contribution in [1.82, 2.24) is 14.9 Å². The van der Waals surface area contributed by atoms with Gasteiger partial charge in [-0.1, -0.05) is 24.3 Å². The first kappa shape index (κ1) is 34.2. The van der Waals surface area contributed by atoms with Gasteiger partial charge in [0.2, 0.25) is 0 Å². The zero-order chi connectivity index (χ0) is 33.9. The number of aryl methyl sites for hydroxylation is 1. The smallest absolute Gasteiger partial charge is 0.410 e. The van der Waals surface area contributed by atoms with Crippen molar-refractivity contribution in [3.05, 3.63) is 69.7 Å². The quantitative estimate of drug-likeness (QED) is 0.178. The monoisotopic (exact) mass is 658 g/mol. The molecule has 0 radical (unpaired) electrons. The predicted octanol–water partition coefficient (Wildman–Crippen LogP) is 8.66. The first-order chi connectivity index (χ1) is 22.4. The summed E-state index contributed by atoms with van der Waals surface area (Å²) < 4.78 is 16.4. The van der Waals surface area contributed by atoms with E-state index in [0.29, 0.717) is 12.4 Å². The maximum absolute atomic E-state index is 12.7. The molecule has 1 saturated carbocycles. The van der Waals surface area contributed by atoms with E-state index in [0.717, 1.165) is 75.3 Å². The highest BCUT2D eigenvalue weighted by Gasteiger charge is 2.30. The van der Waals surface area contributed by atoms with Crippen LogP contribution < -0.4 is 10.1 Å². The van der Waals surface area contributed by atoms with E-state index in [4.69, 9.17) is 24.2 Å². The summed E-state index contributed by atoms with van der Waals surface area (Å²) >= 11 is 1.69. The minimum atomic E-state index is -0.553. The van der Waals surface area contributed by atoms with Gasteiger partial charge in [0.25, 0.3) is 0 Å². The van der Waals surface area contributed by atoms with Crippen LogP contribution in [0.15, 0.2) is 47.8 Å². The standard InChI is InChI=1S/C37H46N4O5S/c1-22(33-17-27(21-47-33)28-12-10-9-11-26(28)20-41(6)36(43)46-37(3,4)5)38-34-30-18-29(24-13-15-25(16-14-24)35(42)45-8)32(44-7)19-31(30)39-23(2)40-34/h9-12,17-19,21-22,24-25H,13-16,20H2,1-8H3,(H,38,39,40)/t22-,24?,25?/m1/s1. The molecule has 9 nitrogen and oxygen atoms in total. The lowest BCUT2D eigenvalue weighted by molar-refractivity contribution is -0.146. The molecule has 4 aromatic rings. The van der Waals surface area contributed by atoms with E-state index in [1.165, 1.54) is 7.11 Å². The van der Waals surface area contributed by atoms with Gasteiger partial charge in [0.1, 0.15) is 23.0 Å². The Morgan fingerprint density at radius 2 is 1.79 bits per heavy atom. The van der Waals surface area contributed by atoms with Gasteiger partial charge in [0.15, 0.2) is 0 Å². The van der Waals surface area contributed by atoms with Crippen molar-refractivity contribution in [2.75, 3.05) is 26.6 Å². The molecule has 1 aliphatic carbocycles. The average molecular weight is 659 g/mol. The molecule has 0 aliphatic heterocycles. The van der Waals surface area contributed by atoms with Crippen LogP contribution in [0.25, 0.3) is 22.0 Å². The number of hydrogen-bond donors (Lipinski definition) is 1. The molecular formula is C37H46N4O5S. The van der Waals surface area contributed by atoms with Crippen molar-refractivity contribution in [2.45, 2.75) is 84.4 Å². The van der Waals surface area contributed by atoms with Gasteiger partial charge < -0.3 is 24.4 Å². The largest absolute Gasteiger partial charge is 0.496 e. The van der Waals surface area contributed by atoms with Crippen LogP contribution in [0.1, 0.15) is 87.2 Å². The number of hydrogen-bond acceptors (Lipinski definition) is 9. The minimum Gasteiger partial charge on any atom is -0.496 e. The van der Waals surface area contributed by atoms with E-state index in [-0.39, 0.29) is 29.9 Å². The highest BCUT2D eigenvalue weighted by molar-refractivity contribution is 7.10. The molecule has 0 unspecified atom stereocenters. The van der Waals surface area contributed by atoms with Crippen molar-refractivity contribution < 1.29 is 23.8 Å². The Bertz CT molecular complexity index is 1740. The number of esters is 1. The van der Waals surface area contributed by atoms with Crippen LogP contribution in [0.2, 0.25) is 0 Å². The summed E-state index contributed by atoms with van der Waals surface area (Å²) in [4.78, 5) is 37.1. The second-order valence-corrected chi connectivity index (χ2v) is 14.3. The molecule has 0 bridgehead atoms. The van der Waals surface area contributed by atoms with Gasteiger partial charge in [0, 0.05) is 29.9 Å². The molecule has 0 saturated heterocycles. The maximum atomic E-state index is 12.7. The van der Waals surface area contributed by atoms with E-state index in [2.05, 4.69) is 41.9 Å². The van der Waals surface area contributed by atoms with Gasteiger partial charge in [-0.3, -0.25) is 4.79 Å². The van der Waals surface area contributed by atoms with Crippen LogP contribution in [0.5, 0.6) is 5.75 Å². The van der Waals surface area contributed by atoms with Crippen molar-refractivity contribution in [2.24, 2.45) is 5.92 Å². The Balaban J connectivity index is 1.38. The molecule has 5 rings (SSSR count). The second-order valence-electron chi connectivity index (χ2n) is 13.4. The Morgan fingerprint density at radius 3 is 2.47 bits per heavy atom. The van der Waals surface area contributed by atoms with Gasteiger partial charge >= 0.3 is 12.1 Å². The first-order valence-electron chi connectivity index (χ1n) is 16.2. The summed E-state index contributed by atoms with van der Waals surface area (Å²) in [6.07, 6.45) is 3.03. The fraction of sp³-hybridized carbons (Fsp3) is 0.459. The van der Waals surface area contributed by atoms with Crippen LogP contribution >= 0.6 is 11.3 Å². The minimum absolute atomic E-state index is 0.0242. The lowest BCUT2D eigenvalue weighted by Gasteiger charge is -2.28. The summed E-state index contributed by atoms with van der Waals surface area (Å²) in [6, 6.07) is 14.5. The number of aromatic nitrogens is 2. The van der Waals surface area contributed by atoms with Gasteiger partial charge in [0.05, 0.1) is 31.7 Å². The van der Waals surface area contributed by atoms with Crippen LogP contribution in [0.3, 0.4) is 0 Å². The van der Waals surface area contributed by atoms with Crippen LogP contribution in [-0.2, 0) is 20.8 Å². The lowest BCUT2D eigenvalue weighted by Crippen LogP contribution is -2.33. The van der Waals surface area contributed by atoms with Crippen molar-refractivity contribution in [1.29, 1.82) is 0 Å². The molecule has 1 fully saturated rings. The number of carbonyl (C=O) groups is 2. The molecule has 2 aromatic carbocycles. The van der Waals surface area contributed by atoms with Gasteiger partial charge in [-0.05, 0) is 106 Å². The third-order valence-corrected chi connectivity index (χ3v) is 9.82. The topological polar surface area (TPSA) is 103 Å². The summed E-state index contributed by atoms with van der Waals surface area (Å²) in [5, 5.41) is 6.78. The number of nitrogens with one attached hydrogen (secondary N) is 1. The van der Waals surface area contributed by atoms with Crippen LogP contribution in [-0.4, -0.2) is 53.8 Å². The molecule has 47 heavy (non-hydrogen) atoms. The number of methoxy groups -OCH3 is 2. The fourth-order valence-corrected chi connectivity index (χ4v) is 7.22. The molecule has 250 valence electrons. The maximum Gasteiger partial charge on any atom is 0.410 e. The third-order valence-electron chi connectivity index (χ3n) is 8.70. The van der Waals surface area contributed by atoms with Crippen molar-refractivity contribution in [3.8, 4) is 16.9 Å².